The van der Waals surface area contributed by atoms with Gasteiger partial charge in [-0.05, 0) is 34.9 Å². The number of thioether (sulfide) groups is 1. The van der Waals surface area contributed by atoms with Crippen molar-refractivity contribution in [3.63, 3.8) is 0 Å². The second-order valence-electron chi connectivity index (χ2n) is 4.65. The van der Waals surface area contributed by atoms with E-state index in [1.807, 2.05) is 36.4 Å². The molecule has 0 aliphatic carbocycles. The SMILES string of the molecule is O=CC=C1C=C(c2ccccc2)SC(c2ccccc2)=C1. The Hall–Kier alpha value is -2.32. The van der Waals surface area contributed by atoms with Crippen molar-refractivity contribution in [2.45, 2.75) is 0 Å². The van der Waals surface area contributed by atoms with Crippen LogP contribution in [0.25, 0.3) is 9.81 Å². The summed E-state index contributed by atoms with van der Waals surface area (Å²) in [5.74, 6) is 0. The Kier molecular flexibility index (Phi) is 4.17. The summed E-state index contributed by atoms with van der Waals surface area (Å²) in [7, 11) is 0. The van der Waals surface area contributed by atoms with Gasteiger partial charge < -0.3 is 0 Å². The maximum Gasteiger partial charge on any atom is 0.143 e. The van der Waals surface area contributed by atoms with Gasteiger partial charge in [0.1, 0.15) is 6.29 Å². The number of carbonyl (C=O) groups is 1. The van der Waals surface area contributed by atoms with E-state index in [2.05, 4.69) is 36.4 Å². The van der Waals surface area contributed by atoms with E-state index in [-0.39, 0.29) is 0 Å². The molecule has 0 N–H and O–H groups in total. The lowest BCUT2D eigenvalue weighted by atomic mass is 10.1. The Morgan fingerprint density at radius 1 is 0.714 bits per heavy atom. The summed E-state index contributed by atoms with van der Waals surface area (Å²) in [6.07, 6.45) is 6.55. The van der Waals surface area contributed by atoms with Crippen molar-refractivity contribution in [2.75, 3.05) is 0 Å². The molecule has 1 heterocycles. The van der Waals surface area contributed by atoms with Crippen molar-refractivity contribution in [1.82, 2.24) is 0 Å². The first-order chi connectivity index (χ1) is 10.4. The Bertz CT molecular complexity index is 667. The summed E-state index contributed by atoms with van der Waals surface area (Å²) in [6.45, 7) is 0. The van der Waals surface area contributed by atoms with Gasteiger partial charge in [-0.25, -0.2) is 0 Å². The highest BCUT2D eigenvalue weighted by Gasteiger charge is 2.13. The van der Waals surface area contributed by atoms with E-state index < -0.39 is 0 Å². The lowest BCUT2D eigenvalue weighted by Crippen LogP contribution is -1.91. The maximum absolute atomic E-state index is 10.8. The average Bonchev–Trinajstić information content (AvgIpc) is 2.56. The van der Waals surface area contributed by atoms with E-state index in [0.717, 1.165) is 21.7 Å². The number of hydrogen-bond acceptors (Lipinski definition) is 2. The molecule has 102 valence electrons. The van der Waals surface area contributed by atoms with Crippen molar-refractivity contribution < 1.29 is 4.79 Å². The molecule has 0 bridgehead atoms. The van der Waals surface area contributed by atoms with Crippen molar-refractivity contribution >= 4 is 27.9 Å². The van der Waals surface area contributed by atoms with E-state index in [9.17, 15) is 4.79 Å². The highest BCUT2D eigenvalue weighted by Crippen LogP contribution is 2.43. The number of hydrogen-bond donors (Lipinski definition) is 0. The van der Waals surface area contributed by atoms with Gasteiger partial charge in [0.25, 0.3) is 0 Å². The van der Waals surface area contributed by atoms with Crippen LogP contribution in [0.2, 0.25) is 0 Å². The van der Waals surface area contributed by atoms with Crippen LogP contribution in [0.4, 0.5) is 0 Å². The molecule has 0 atom stereocenters. The predicted molar refractivity (Wildman–Crippen MR) is 90.6 cm³/mol. The third-order valence-corrected chi connectivity index (χ3v) is 4.34. The van der Waals surface area contributed by atoms with Gasteiger partial charge in [-0.15, -0.1) is 0 Å². The number of carbonyl (C=O) groups excluding carboxylic acids is 1. The van der Waals surface area contributed by atoms with E-state index >= 15 is 0 Å². The van der Waals surface area contributed by atoms with Crippen LogP contribution < -0.4 is 0 Å². The Morgan fingerprint density at radius 3 is 1.62 bits per heavy atom. The van der Waals surface area contributed by atoms with Crippen LogP contribution in [0.3, 0.4) is 0 Å². The van der Waals surface area contributed by atoms with Crippen LogP contribution >= 0.6 is 11.8 Å². The smallest absolute Gasteiger partial charge is 0.143 e. The molecule has 0 fully saturated rings. The van der Waals surface area contributed by atoms with Crippen molar-refractivity contribution in [3.05, 3.63) is 95.6 Å². The fraction of sp³-hybridized carbons (Fsp3) is 0. The van der Waals surface area contributed by atoms with Gasteiger partial charge in [-0.2, -0.15) is 0 Å². The summed E-state index contributed by atoms with van der Waals surface area (Å²) < 4.78 is 0. The van der Waals surface area contributed by atoms with Gasteiger partial charge in [-0.3, -0.25) is 4.79 Å². The molecule has 0 saturated heterocycles. The van der Waals surface area contributed by atoms with Gasteiger partial charge in [0.05, 0.1) is 0 Å². The fourth-order valence-corrected chi connectivity index (χ4v) is 3.32. The molecule has 0 radical (unpaired) electrons. The molecular weight excluding hydrogens is 276 g/mol. The topological polar surface area (TPSA) is 17.1 Å². The second kappa shape index (κ2) is 6.42. The third kappa shape index (κ3) is 3.23. The van der Waals surface area contributed by atoms with Gasteiger partial charge >= 0.3 is 0 Å². The van der Waals surface area contributed by atoms with Gasteiger partial charge in [0.15, 0.2) is 0 Å². The lowest BCUT2D eigenvalue weighted by Gasteiger charge is -2.16. The first kappa shape index (κ1) is 13.7. The summed E-state index contributed by atoms with van der Waals surface area (Å²) in [4.78, 5) is 13.1. The molecule has 0 spiro atoms. The Labute approximate surface area is 128 Å². The highest BCUT2D eigenvalue weighted by atomic mass is 32.2. The summed E-state index contributed by atoms with van der Waals surface area (Å²) in [6, 6.07) is 20.5. The summed E-state index contributed by atoms with van der Waals surface area (Å²) in [5.41, 5.74) is 3.27. The average molecular weight is 290 g/mol. The molecule has 1 nitrogen and oxygen atoms in total. The third-order valence-electron chi connectivity index (χ3n) is 3.19. The number of benzene rings is 2. The van der Waals surface area contributed by atoms with Crippen LogP contribution in [-0.2, 0) is 4.79 Å². The van der Waals surface area contributed by atoms with Crippen LogP contribution in [0.15, 0.2) is 84.5 Å². The van der Waals surface area contributed by atoms with Gasteiger partial charge in [-0.1, -0.05) is 72.4 Å². The largest absolute Gasteiger partial charge is 0.299 e. The lowest BCUT2D eigenvalue weighted by molar-refractivity contribution is -0.104. The van der Waals surface area contributed by atoms with E-state index in [0.29, 0.717) is 0 Å². The predicted octanol–water partition coefficient (Wildman–Crippen LogP) is 4.94. The Morgan fingerprint density at radius 2 is 1.19 bits per heavy atom. The molecule has 1 aliphatic rings. The minimum absolute atomic E-state index is 0.837. The molecule has 0 unspecified atom stereocenters. The molecule has 2 aromatic rings. The van der Waals surface area contributed by atoms with E-state index in [1.54, 1.807) is 17.8 Å². The fourth-order valence-electron chi connectivity index (χ4n) is 2.19. The molecule has 1 aliphatic heterocycles. The maximum atomic E-state index is 10.8. The first-order valence-electron chi connectivity index (χ1n) is 6.74. The van der Waals surface area contributed by atoms with Gasteiger partial charge in [0.2, 0.25) is 0 Å². The van der Waals surface area contributed by atoms with Crippen LogP contribution in [0, 0.1) is 0 Å². The van der Waals surface area contributed by atoms with Crippen LogP contribution in [0.1, 0.15) is 11.1 Å². The molecule has 2 heteroatoms. The molecule has 0 saturated carbocycles. The minimum Gasteiger partial charge on any atom is -0.299 e. The Balaban J connectivity index is 2.01. The molecule has 3 rings (SSSR count). The second-order valence-corrected chi connectivity index (χ2v) is 5.74. The molecule has 0 amide bonds. The van der Waals surface area contributed by atoms with Crippen molar-refractivity contribution in [3.8, 4) is 0 Å². The number of rotatable bonds is 3. The molecule has 2 aromatic carbocycles. The van der Waals surface area contributed by atoms with Gasteiger partial charge in [0, 0.05) is 9.81 Å². The molecule has 21 heavy (non-hydrogen) atoms. The van der Waals surface area contributed by atoms with Crippen molar-refractivity contribution in [2.24, 2.45) is 0 Å². The number of aldehydes is 1. The number of allylic oxidation sites excluding steroid dienone is 4. The van der Waals surface area contributed by atoms with E-state index in [4.69, 9.17) is 0 Å². The van der Waals surface area contributed by atoms with E-state index in [1.165, 1.54) is 11.1 Å². The molecular formula is C19H14OS. The minimum atomic E-state index is 0.837. The zero-order chi connectivity index (χ0) is 14.5. The van der Waals surface area contributed by atoms with Crippen LogP contribution in [0.5, 0.6) is 0 Å². The summed E-state index contributed by atoms with van der Waals surface area (Å²) in [5, 5.41) is 0. The zero-order valence-electron chi connectivity index (χ0n) is 11.4. The standard InChI is InChI=1S/C19H14OS/c20-12-11-15-13-18(16-7-3-1-4-8-16)21-19(14-15)17-9-5-2-6-10-17/h1-14H. The monoisotopic (exact) mass is 290 g/mol. The van der Waals surface area contributed by atoms with Crippen molar-refractivity contribution in [1.29, 1.82) is 0 Å². The quantitative estimate of drug-likeness (QED) is 0.588. The highest BCUT2D eigenvalue weighted by molar-refractivity contribution is 8.16. The van der Waals surface area contributed by atoms with Crippen LogP contribution in [-0.4, -0.2) is 6.29 Å². The zero-order valence-corrected chi connectivity index (χ0v) is 12.2. The summed E-state index contributed by atoms with van der Waals surface area (Å²) >= 11 is 1.73. The molecule has 0 aromatic heterocycles. The first-order valence-corrected chi connectivity index (χ1v) is 7.56. The normalized spacial score (nSPS) is 14.2.